The number of nitrogens with zero attached hydrogens (tertiary/aromatic N) is 1. The molecule has 24 heavy (non-hydrogen) atoms. The van der Waals surface area contributed by atoms with Crippen LogP contribution in [-0.4, -0.2) is 32.0 Å². The van der Waals surface area contributed by atoms with Gasteiger partial charge < -0.3 is 15.0 Å². The maximum atomic E-state index is 12.1. The third-order valence-corrected chi connectivity index (χ3v) is 3.67. The minimum Gasteiger partial charge on any atom is -0.497 e. The monoisotopic (exact) mass is 326 g/mol. The second-order valence-corrected chi connectivity index (χ2v) is 5.49. The number of ether oxygens (including phenoxy) is 1. The van der Waals surface area contributed by atoms with E-state index in [0.29, 0.717) is 18.7 Å². The number of hydrogen-bond acceptors (Lipinski definition) is 3. The molecule has 0 atom stereocenters. The van der Waals surface area contributed by atoms with Gasteiger partial charge in [0.15, 0.2) is 0 Å². The Morgan fingerprint density at radius 1 is 1.12 bits per heavy atom. The number of aryl methyl sites for hydroxylation is 1. The Hall–Kier alpha value is -2.82. The zero-order chi connectivity index (χ0) is 17.5. The SMILES string of the molecule is COc1ccc(N(CCNC(=O)c2cccc(C)c2)C(C)=O)cc1. The maximum absolute atomic E-state index is 12.1. The first kappa shape index (κ1) is 17.5. The van der Waals surface area contributed by atoms with Crippen LogP contribution in [0.3, 0.4) is 0 Å². The molecule has 0 saturated heterocycles. The van der Waals surface area contributed by atoms with Crippen molar-refractivity contribution < 1.29 is 14.3 Å². The number of benzene rings is 2. The van der Waals surface area contributed by atoms with Gasteiger partial charge in [-0.25, -0.2) is 0 Å². The first-order valence-electron chi connectivity index (χ1n) is 7.78. The van der Waals surface area contributed by atoms with Crippen molar-refractivity contribution in [2.75, 3.05) is 25.1 Å². The van der Waals surface area contributed by atoms with Crippen LogP contribution in [0.4, 0.5) is 5.69 Å². The van der Waals surface area contributed by atoms with Gasteiger partial charge in [0.1, 0.15) is 5.75 Å². The number of anilines is 1. The van der Waals surface area contributed by atoms with E-state index < -0.39 is 0 Å². The zero-order valence-corrected chi connectivity index (χ0v) is 14.2. The highest BCUT2D eigenvalue weighted by atomic mass is 16.5. The Morgan fingerprint density at radius 2 is 1.83 bits per heavy atom. The van der Waals surface area contributed by atoms with Crippen molar-refractivity contribution in [3.05, 3.63) is 59.7 Å². The van der Waals surface area contributed by atoms with E-state index >= 15 is 0 Å². The summed E-state index contributed by atoms with van der Waals surface area (Å²) in [6, 6.07) is 14.6. The predicted molar refractivity (Wildman–Crippen MR) is 94.5 cm³/mol. The van der Waals surface area contributed by atoms with E-state index in [1.165, 1.54) is 6.92 Å². The van der Waals surface area contributed by atoms with Gasteiger partial charge in [0.25, 0.3) is 5.91 Å². The first-order valence-corrected chi connectivity index (χ1v) is 7.78. The number of nitrogens with one attached hydrogen (secondary N) is 1. The highest BCUT2D eigenvalue weighted by Gasteiger charge is 2.12. The Labute approximate surface area is 142 Å². The van der Waals surface area contributed by atoms with Crippen LogP contribution in [0.1, 0.15) is 22.8 Å². The lowest BCUT2D eigenvalue weighted by Crippen LogP contribution is -2.37. The molecule has 0 bridgehead atoms. The molecule has 2 aromatic rings. The summed E-state index contributed by atoms with van der Waals surface area (Å²) in [4.78, 5) is 25.6. The molecule has 2 rings (SSSR count). The summed E-state index contributed by atoms with van der Waals surface area (Å²) in [5, 5.41) is 2.85. The highest BCUT2D eigenvalue weighted by molar-refractivity contribution is 5.95. The van der Waals surface area contributed by atoms with E-state index in [-0.39, 0.29) is 11.8 Å². The number of rotatable bonds is 6. The molecule has 0 aliphatic carbocycles. The lowest BCUT2D eigenvalue weighted by Gasteiger charge is -2.21. The van der Waals surface area contributed by atoms with Gasteiger partial charge >= 0.3 is 0 Å². The van der Waals surface area contributed by atoms with Crippen LogP contribution in [0.15, 0.2) is 48.5 Å². The van der Waals surface area contributed by atoms with Crippen molar-refractivity contribution in [3.63, 3.8) is 0 Å². The van der Waals surface area contributed by atoms with Gasteiger partial charge in [-0.15, -0.1) is 0 Å². The maximum Gasteiger partial charge on any atom is 0.251 e. The summed E-state index contributed by atoms with van der Waals surface area (Å²) in [6.07, 6.45) is 0. The molecule has 1 N–H and O–H groups in total. The predicted octanol–water partition coefficient (Wildman–Crippen LogP) is 2.79. The molecule has 0 fully saturated rings. The summed E-state index contributed by atoms with van der Waals surface area (Å²) in [5.74, 6) is 0.511. The van der Waals surface area contributed by atoms with Crippen LogP contribution >= 0.6 is 0 Å². The minimum absolute atomic E-state index is 0.0787. The molecule has 0 unspecified atom stereocenters. The second kappa shape index (κ2) is 8.15. The molecule has 5 nitrogen and oxygen atoms in total. The van der Waals surface area contributed by atoms with Gasteiger partial charge in [-0.1, -0.05) is 17.7 Å². The summed E-state index contributed by atoms with van der Waals surface area (Å²) in [6.45, 7) is 4.22. The fourth-order valence-electron chi connectivity index (χ4n) is 2.40. The number of hydrogen-bond donors (Lipinski definition) is 1. The van der Waals surface area contributed by atoms with Crippen LogP contribution in [0, 0.1) is 6.92 Å². The van der Waals surface area contributed by atoms with Gasteiger partial charge in [0.05, 0.1) is 7.11 Å². The lowest BCUT2D eigenvalue weighted by molar-refractivity contribution is -0.116. The van der Waals surface area contributed by atoms with Crippen molar-refractivity contribution in [1.82, 2.24) is 5.32 Å². The summed E-state index contributed by atoms with van der Waals surface area (Å²) in [5.41, 5.74) is 2.42. The number of amides is 2. The largest absolute Gasteiger partial charge is 0.497 e. The molecule has 0 aliphatic heterocycles. The zero-order valence-electron chi connectivity index (χ0n) is 14.2. The molecule has 2 aromatic carbocycles. The van der Waals surface area contributed by atoms with Crippen molar-refractivity contribution in [1.29, 1.82) is 0 Å². The van der Waals surface area contributed by atoms with Gasteiger partial charge in [-0.3, -0.25) is 9.59 Å². The van der Waals surface area contributed by atoms with E-state index in [1.54, 1.807) is 30.2 Å². The van der Waals surface area contributed by atoms with E-state index in [1.807, 2.05) is 37.3 Å². The molecule has 0 spiro atoms. The van der Waals surface area contributed by atoms with Crippen molar-refractivity contribution >= 4 is 17.5 Å². The van der Waals surface area contributed by atoms with Gasteiger partial charge in [0, 0.05) is 31.3 Å². The number of methoxy groups -OCH3 is 1. The quantitative estimate of drug-likeness (QED) is 0.888. The van der Waals surface area contributed by atoms with E-state index in [9.17, 15) is 9.59 Å². The number of carbonyl (C=O) groups is 2. The first-order chi connectivity index (χ1) is 11.5. The third kappa shape index (κ3) is 4.59. The van der Waals surface area contributed by atoms with Gasteiger partial charge in [0.2, 0.25) is 5.91 Å². The summed E-state index contributed by atoms with van der Waals surface area (Å²) >= 11 is 0. The average molecular weight is 326 g/mol. The van der Waals surface area contributed by atoms with Crippen LogP contribution in [-0.2, 0) is 4.79 Å². The molecule has 0 aliphatic rings. The Kier molecular flexibility index (Phi) is 5.95. The molecular weight excluding hydrogens is 304 g/mol. The van der Waals surface area contributed by atoms with E-state index in [0.717, 1.165) is 17.0 Å². The Bertz CT molecular complexity index is 711. The molecule has 0 aromatic heterocycles. The van der Waals surface area contributed by atoms with E-state index in [2.05, 4.69) is 5.32 Å². The normalized spacial score (nSPS) is 10.1. The van der Waals surface area contributed by atoms with Crippen molar-refractivity contribution in [2.24, 2.45) is 0 Å². The average Bonchev–Trinajstić information content (AvgIpc) is 2.58. The number of carbonyl (C=O) groups excluding carboxylic acids is 2. The summed E-state index contributed by atoms with van der Waals surface area (Å²) < 4.78 is 5.12. The minimum atomic E-state index is -0.142. The molecule has 5 heteroatoms. The molecular formula is C19H22N2O3. The van der Waals surface area contributed by atoms with Crippen LogP contribution < -0.4 is 15.0 Å². The van der Waals surface area contributed by atoms with Crippen LogP contribution in [0.5, 0.6) is 5.75 Å². The van der Waals surface area contributed by atoms with Crippen molar-refractivity contribution in [2.45, 2.75) is 13.8 Å². The molecule has 0 saturated carbocycles. The Balaban J connectivity index is 1.96. The highest BCUT2D eigenvalue weighted by Crippen LogP contribution is 2.19. The lowest BCUT2D eigenvalue weighted by atomic mass is 10.1. The molecule has 0 heterocycles. The van der Waals surface area contributed by atoms with Crippen LogP contribution in [0.2, 0.25) is 0 Å². The Morgan fingerprint density at radius 3 is 2.42 bits per heavy atom. The third-order valence-electron chi connectivity index (χ3n) is 3.67. The molecule has 0 radical (unpaired) electrons. The topological polar surface area (TPSA) is 58.6 Å². The summed E-state index contributed by atoms with van der Waals surface area (Å²) in [7, 11) is 1.60. The molecule has 126 valence electrons. The van der Waals surface area contributed by atoms with Crippen molar-refractivity contribution in [3.8, 4) is 5.75 Å². The van der Waals surface area contributed by atoms with E-state index in [4.69, 9.17) is 4.74 Å². The van der Waals surface area contributed by atoms with Gasteiger partial charge in [-0.2, -0.15) is 0 Å². The molecule has 2 amide bonds. The van der Waals surface area contributed by atoms with Gasteiger partial charge in [-0.05, 0) is 43.3 Å². The second-order valence-electron chi connectivity index (χ2n) is 5.49. The standard InChI is InChI=1S/C19H22N2O3/c1-14-5-4-6-16(13-14)19(23)20-11-12-21(15(2)22)17-7-9-18(24-3)10-8-17/h4-10,13H,11-12H2,1-3H3,(H,20,23). The fourth-order valence-corrected chi connectivity index (χ4v) is 2.40. The van der Waals surface area contributed by atoms with Crippen LogP contribution in [0.25, 0.3) is 0 Å². The fraction of sp³-hybridized carbons (Fsp3) is 0.263. The smallest absolute Gasteiger partial charge is 0.251 e.